The van der Waals surface area contributed by atoms with Gasteiger partial charge in [-0.1, -0.05) is 6.07 Å². The van der Waals surface area contributed by atoms with Crippen LogP contribution in [0.4, 0.5) is 11.5 Å². The molecule has 2 aliphatic heterocycles. The van der Waals surface area contributed by atoms with Crippen LogP contribution >= 0.6 is 0 Å². The summed E-state index contributed by atoms with van der Waals surface area (Å²) >= 11 is 0. The van der Waals surface area contributed by atoms with Gasteiger partial charge in [-0.15, -0.1) is 0 Å². The van der Waals surface area contributed by atoms with Crippen LogP contribution < -0.4 is 14.4 Å². The third-order valence-corrected chi connectivity index (χ3v) is 5.58. The molecule has 2 aliphatic rings. The Balaban J connectivity index is 1.68. The largest absolute Gasteiger partial charge is 0.507 e. The van der Waals surface area contributed by atoms with Crippen LogP contribution in [0.25, 0.3) is 5.76 Å². The molecule has 1 fully saturated rings. The zero-order chi connectivity index (χ0) is 23.8. The van der Waals surface area contributed by atoms with Crippen LogP contribution in [-0.4, -0.2) is 39.9 Å². The number of nitro groups is 1. The average Bonchev–Trinajstić information content (AvgIpc) is 3.14. The fraction of sp³-hybridized carbons (Fsp3) is 0.125. The molecule has 34 heavy (non-hydrogen) atoms. The Kier molecular flexibility index (Phi) is 5.17. The van der Waals surface area contributed by atoms with Gasteiger partial charge in [-0.25, -0.2) is 4.98 Å². The number of pyridine rings is 1. The lowest BCUT2D eigenvalue weighted by atomic mass is 9.95. The SMILES string of the molecule is O=C1C(=O)N(c2ccccn2)C(c2ccc([N+](=O)[O-])cc2)/C1=C(\O)c1ccc2c(c1)OCCO2. The van der Waals surface area contributed by atoms with E-state index in [0.717, 1.165) is 0 Å². The van der Waals surface area contributed by atoms with E-state index in [4.69, 9.17) is 9.47 Å². The highest BCUT2D eigenvalue weighted by Crippen LogP contribution is 2.43. The van der Waals surface area contributed by atoms with Gasteiger partial charge in [0.1, 0.15) is 24.8 Å². The molecule has 0 aliphatic carbocycles. The molecule has 1 atom stereocenters. The number of ether oxygens (including phenoxy) is 2. The molecule has 10 heteroatoms. The molecule has 3 heterocycles. The van der Waals surface area contributed by atoms with Gasteiger partial charge in [-0.05, 0) is 48.0 Å². The van der Waals surface area contributed by atoms with Crippen molar-refractivity contribution in [3.8, 4) is 11.5 Å². The maximum atomic E-state index is 13.2. The van der Waals surface area contributed by atoms with E-state index in [1.165, 1.54) is 41.4 Å². The van der Waals surface area contributed by atoms with Gasteiger partial charge >= 0.3 is 5.91 Å². The number of aliphatic hydroxyl groups is 1. The zero-order valence-electron chi connectivity index (χ0n) is 17.6. The van der Waals surface area contributed by atoms with Crippen molar-refractivity contribution in [1.82, 2.24) is 4.98 Å². The van der Waals surface area contributed by atoms with E-state index in [1.54, 1.807) is 30.3 Å². The molecule has 0 saturated carbocycles. The Morgan fingerprint density at radius 3 is 2.44 bits per heavy atom. The molecule has 1 N–H and O–H groups in total. The predicted molar refractivity (Wildman–Crippen MR) is 120 cm³/mol. The van der Waals surface area contributed by atoms with Crippen molar-refractivity contribution in [2.75, 3.05) is 18.1 Å². The fourth-order valence-corrected chi connectivity index (χ4v) is 4.00. The summed E-state index contributed by atoms with van der Waals surface area (Å²) in [4.78, 5) is 42.2. The molecule has 0 bridgehead atoms. The van der Waals surface area contributed by atoms with Gasteiger partial charge in [-0.3, -0.25) is 24.6 Å². The second-order valence-electron chi connectivity index (χ2n) is 7.56. The highest BCUT2D eigenvalue weighted by molar-refractivity contribution is 6.51. The predicted octanol–water partition coefficient (Wildman–Crippen LogP) is 3.39. The standard InChI is InChI=1S/C24H17N3O7/c28-22(15-6-9-17-18(13-15)34-12-11-33-17)20-21(14-4-7-16(8-5-14)27(31)32)26(24(30)23(20)29)19-3-1-2-10-25-19/h1-10,13,21,28H,11-12H2/b22-20+. The maximum absolute atomic E-state index is 13.2. The number of hydrogen-bond donors (Lipinski definition) is 1. The van der Waals surface area contributed by atoms with Crippen molar-refractivity contribution in [2.24, 2.45) is 0 Å². The summed E-state index contributed by atoms with van der Waals surface area (Å²) in [6.45, 7) is 0.734. The topological polar surface area (TPSA) is 132 Å². The number of amides is 1. The summed E-state index contributed by atoms with van der Waals surface area (Å²) in [5.74, 6) is -1.07. The van der Waals surface area contributed by atoms with E-state index in [0.29, 0.717) is 30.3 Å². The molecular weight excluding hydrogens is 442 g/mol. The van der Waals surface area contributed by atoms with Gasteiger partial charge in [0.25, 0.3) is 11.5 Å². The van der Waals surface area contributed by atoms with Crippen molar-refractivity contribution in [2.45, 2.75) is 6.04 Å². The van der Waals surface area contributed by atoms with E-state index >= 15 is 0 Å². The second-order valence-corrected chi connectivity index (χ2v) is 7.56. The van der Waals surface area contributed by atoms with Crippen LogP contribution in [0.1, 0.15) is 17.2 Å². The van der Waals surface area contributed by atoms with Gasteiger partial charge in [0.05, 0.1) is 16.5 Å². The molecule has 0 spiro atoms. The van der Waals surface area contributed by atoms with Crippen molar-refractivity contribution in [3.05, 3.63) is 93.7 Å². The van der Waals surface area contributed by atoms with Crippen molar-refractivity contribution in [1.29, 1.82) is 0 Å². The first-order valence-corrected chi connectivity index (χ1v) is 10.3. The molecule has 10 nitrogen and oxygen atoms in total. The van der Waals surface area contributed by atoms with Gasteiger partial charge < -0.3 is 14.6 Å². The first-order chi connectivity index (χ1) is 16.5. The maximum Gasteiger partial charge on any atom is 0.301 e. The van der Waals surface area contributed by atoms with E-state index in [-0.39, 0.29) is 22.6 Å². The molecule has 2 aromatic carbocycles. The van der Waals surface area contributed by atoms with Gasteiger partial charge in [0, 0.05) is 23.9 Å². The number of Topliss-reactive ketones (excluding diaryl/α,β-unsaturated/α-hetero) is 1. The zero-order valence-corrected chi connectivity index (χ0v) is 17.6. The Morgan fingerprint density at radius 1 is 1.03 bits per heavy atom. The van der Waals surface area contributed by atoms with Crippen molar-refractivity contribution in [3.63, 3.8) is 0 Å². The molecule has 170 valence electrons. The van der Waals surface area contributed by atoms with Gasteiger partial charge in [-0.2, -0.15) is 0 Å². The Hall–Kier alpha value is -4.73. The summed E-state index contributed by atoms with van der Waals surface area (Å²) in [5.41, 5.74) is 0.344. The highest BCUT2D eigenvalue weighted by Gasteiger charge is 2.47. The smallest absolute Gasteiger partial charge is 0.301 e. The molecule has 1 aromatic heterocycles. The number of non-ortho nitro benzene ring substituents is 1. The van der Waals surface area contributed by atoms with E-state index in [9.17, 15) is 24.8 Å². The Bertz CT molecular complexity index is 1340. The van der Waals surface area contributed by atoms with Crippen LogP contribution in [0, 0.1) is 10.1 Å². The fourth-order valence-electron chi connectivity index (χ4n) is 4.00. The van der Waals surface area contributed by atoms with Crippen LogP contribution in [0.5, 0.6) is 11.5 Å². The molecule has 5 rings (SSSR count). The summed E-state index contributed by atoms with van der Waals surface area (Å²) < 4.78 is 11.1. The van der Waals surface area contributed by atoms with Crippen LogP contribution in [-0.2, 0) is 9.59 Å². The lowest BCUT2D eigenvalue weighted by Crippen LogP contribution is -2.30. The summed E-state index contributed by atoms with van der Waals surface area (Å²) in [6, 6.07) is 14.0. The first kappa shape index (κ1) is 21.1. The first-order valence-electron chi connectivity index (χ1n) is 10.3. The number of rotatable bonds is 4. The lowest BCUT2D eigenvalue weighted by molar-refractivity contribution is -0.384. The minimum Gasteiger partial charge on any atom is -0.507 e. The Labute approximate surface area is 192 Å². The van der Waals surface area contributed by atoms with Crippen molar-refractivity contribution < 1.29 is 29.1 Å². The molecular formula is C24H17N3O7. The van der Waals surface area contributed by atoms with E-state index in [2.05, 4.69) is 4.98 Å². The van der Waals surface area contributed by atoms with E-state index in [1.807, 2.05) is 0 Å². The molecule has 3 aromatic rings. The normalized spacial score (nSPS) is 18.7. The van der Waals surface area contributed by atoms with Gasteiger partial charge in [0.2, 0.25) is 0 Å². The number of carbonyl (C=O) groups excluding carboxylic acids is 2. The third kappa shape index (κ3) is 3.51. The summed E-state index contributed by atoms with van der Waals surface area (Å²) in [7, 11) is 0. The molecule has 1 amide bonds. The number of ketones is 1. The minimum absolute atomic E-state index is 0.148. The van der Waals surface area contributed by atoms with Crippen molar-refractivity contribution >= 4 is 29.0 Å². The molecule has 1 unspecified atom stereocenters. The van der Waals surface area contributed by atoms with Crippen LogP contribution in [0.2, 0.25) is 0 Å². The molecule has 1 saturated heterocycles. The lowest BCUT2D eigenvalue weighted by Gasteiger charge is -2.24. The third-order valence-electron chi connectivity index (χ3n) is 5.58. The molecule has 0 radical (unpaired) electrons. The van der Waals surface area contributed by atoms with Crippen LogP contribution in [0.15, 0.2) is 72.4 Å². The quantitative estimate of drug-likeness (QED) is 0.206. The highest BCUT2D eigenvalue weighted by atomic mass is 16.6. The number of aromatic nitrogens is 1. The number of carbonyl (C=O) groups is 2. The van der Waals surface area contributed by atoms with Gasteiger partial charge in [0.15, 0.2) is 11.5 Å². The summed E-state index contributed by atoms with van der Waals surface area (Å²) in [5, 5.41) is 22.3. The summed E-state index contributed by atoms with van der Waals surface area (Å²) in [6.07, 6.45) is 1.47. The van der Waals surface area contributed by atoms with E-state index < -0.39 is 28.4 Å². The number of nitrogens with zero attached hydrogens (tertiary/aromatic N) is 3. The second kappa shape index (κ2) is 8.32. The monoisotopic (exact) mass is 459 g/mol. The average molecular weight is 459 g/mol. The number of nitro benzene ring substituents is 1. The number of fused-ring (bicyclic) bond motifs is 1. The minimum atomic E-state index is -1.05. The number of aliphatic hydroxyl groups excluding tert-OH is 1. The number of hydrogen-bond acceptors (Lipinski definition) is 8. The Morgan fingerprint density at radius 2 is 1.76 bits per heavy atom. The number of benzene rings is 2. The van der Waals surface area contributed by atoms with Crippen LogP contribution in [0.3, 0.4) is 0 Å². The number of anilines is 1.